The highest BCUT2D eigenvalue weighted by Gasteiger charge is 2.55. The van der Waals surface area contributed by atoms with Crippen molar-refractivity contribution in [2.75, 3.05) is 6.61 Å². The number of ether oxygens (including phenoxy) is 1. The minimum atomic E-state index is -2.96. The predicted molar refractivity (Wildman–Crippen MR) is 92.4 cm³/mol. The molecule has 142 valence electrons. The van der Waals surface area contributed by atoms with Crippen molar-refractivity contribution in [3.05, 3.63) is 32.7 Å². The van der Waals surface area contributed by atoms with Gasteiger partial charge < -0.3 is 15.2 Å². The van der Waals surface area contributed by atoms with Crippen LogP contribution in [0, 0.1) is 0 Å². The van der Waals surface area contributed by atoms with Crippen LogP contribution in [-0.2, 0) is 23.0 Å². The second-order valence-electron chi connectivity index (χ2n) is 7.15. The Morgan fingerprint density at radius 3 is 2.92 bits per heavy atom. The lowest BCUT2D eigenvalue weighted by atomic mass is 9.76. The van der Waals surface area contributed by atoms with Crippen LogP contribution >= 0.6 is 22.9 Å². The minimum absolute atomic E-state index is 0.0576. The highest BCUT2D eigenvalue weighted by atomic mass is 35.5. The molecular formula is C16H19ClF2N4O2S. The standard InChI is InChI=1S/C16H19ClF2N4O2S/c1-8-4-15(5-10(20-8)11-6-23(2)22-21-11)13-9(3-12(17)26-13)16(24,7-25-15)14(18)19/h3,6,8,10,14,20,24H,4-5,7H2,1-2H3. The number of aryl methyl sites for hydroxylation is 1. The van der Waals surface area contributed by atoms with E-state index in [9.17, 15) is 13.9 Å². The third-order valence-corrected chi connectivity index (χ3v) is 6.59. The van der Waals surface area contributed by atoms with Gasteiger partial charge in [-0.3, -0.25) is 4.68 Å². The fraction of sp³-hybridized carbons (Fsp3) is 0.625. The largest absolute Gasteiger partial charge is 0.377 e. The van der Waals surface area contributed by atoms with E-state index in [4.69, 9.17) is 16.3 Å². The normalized spacial score (nSPS) is 34.4. The second-order valence-corrected chi connectivity index (χ2v) is 8.83. The zero-order chi connectivity index (χ0) is 18.7. The third-order valence-electron chi connectivity index (χ3n) is 5.14. The topological polar surface area (TPSA) is 72.2 Å². The zero-order valence-corrected chi connectivity index (χ0v) is 15.8. The van der Waals surface area contributed by atoms with Crippen LogP contribution in [-0.4, -0.2) is 39.2 Å². The Labute approximate surface area is 158 Å². The molecule has 4 rings (SSSR count). The van der Waals surface area contributed by atoms with E-state index in [-0.39, 0.29) is 17.6 Å². The molecule has 2 aliphatic rings. The summed E-state index contributed by atoms with van der Waals surface area (Å²) in [7, 11) is 1.79. The van der Waals surface area contributed by atoms with E-state index in [1.54, 1.807) is 11.7 Å². The van der Waals surface area contributed by atoms with E-state index >= 15 is 0 Å². The van der Waals surface area contributed by atoms with E-state index in [0.717, 1.165) is 5.69 Å². The molecule has 2 aromatic heterocycles. The maximum absolute atomic E-state index is 13.6. The number of hydrogen-bond acceptors (Lipinski definition) is 6. The summed E-state index contributed by atoms with van der Waals surface area (Å²) in [5.74, 6) is 0. The molecule has 4 atom stereocenters. The Morgan fingerprint density at radius 2 is 2.27 bits per heavy atom. The van der Waals surface area contributed by atoms with Crippen LogP contribution in [0.5, 0.6) is 0 Å². The zero-order valence-electron chi connectivity index (χ0n) is 14.2. The Kier molecular flexibility index (Phi) is 4.35. The van der Waals surface area contributed by atoms with Gasteiger partial charge in [-0.05, 0) is 19.4 Å². The highest BCUT2D eigenvalue weighted by Crippen LogP contribution is 2.54. The van der Waals surface area contributed by atoms with Gasteiger partial charge in [-0.15, -0.1) is 16.4 Å². The van der Waals surface area contributed by atoms with E-state index in [2.05, 4.69) is 15.6 Å². The van der Waals surface area contributed by atoms with E-state index < -0.39 is 24.2 Å². The van der Waals surface area contributed by atoms with Crippen molar-refractivity contribution in [1.29, 1.82) is 0 Å². The maximum Gasteiger partial charge on any atom is 0.273 e. The number of aliphatic hydroxyl groups is 1. The number of piperidine rings is 1. The highest BCUT2D eigenvalue weighted by molar-refractivity contribution is 7.16. The lowest BCUT2D eigenvalue weighted by Gasteiger charge is -2.48. The number of alkyl halides is 2. The van der Waals surface area contributed by atoms with E-state index in [1.807, 2.05) is 13.1 Å². The second kappa shape index (κ2) is 6.20. The number of fused-ring (bicyclic) bond motifs is 2. The van der Waals surface area contributed by atoms with Crippen molar-refractivity contribution >= 4 is 22.9 Å². The first-order valence-corrected chi connectivity index (χ1v) is 9.50. The Balaban J connectivity index is 1.77. The lowest BCUT2D eigenvalue weighted by Crippen LogP contribution is -2.54. The lowest BCUT2D eigenvalue weighted by molar-refractivity contribution is -0.207. The van der Waals surface area contributed by atoms with Crippen LogP contribution in [0.15, 0.2) is 12.3 Å². The van der Waals surface area contributed by atoms with Gasteiger partial charge in [0, 0.05) is 36.1 Å². The summed E-state index contributed by atoms with van der Waals surface area (Å²) < 4.78 is 35.1. The van der Waals surface area contributed by atoms with Crippen LogP contribution in [0.2, 0.25) is 4.34 Å². The molecule has 4 heterocycles. The summed E-state index contributed by atoms with van der Waals surface area (Å²) in [5.41, 5.74) is -2.18. The molecule has 0 saturated carbocycles. The average Bonchev–Trinajstić information content (AvgIpc) is 3.18. The summed E-state index contributed by atoms with van der Waals surface area (Å²) in [4.78, 5) is 0.582. The molecular weight excluding hydrogens is 386 g/mol. The smallest absolute Gasteiger partial charge is 0.273 e. The van der Waals surface area contributed by atoms with E-state index in [1.165, 1.54) is 17.4 Å². The van der Waals surface area contributed by atoms with Crippen LogP contribution < -0.4 is 5.32 Å². The number of hydrogen-bond donors (Lipinski definition) is 2. The molecule has 1 spiro atoms. The molecule has 0 radical (unpaired) electrons. The Bertz CT molecular complexity index is 831. The maximum atomic E-state index is 13.6. The predicted octanol–water partition coefficient (Wildman–Crippen LogP) is 2.72. The van der Waals surface area contributed by atoms with Gasteiger partial charge in [0.15, 0.2) is 5.60 Å². The summed E-state index contributed by atoms with van der Waals surface area (Å²) >= 11 is 7.34. The number of nitrogens with one attached hydrogen (secondary N) is 1. The van der Waals surface area contributed by atoms with Crippen LogP contribution in [0.4, 0.5) is 8.78 Å². The van der Waals surface area contributed by atoms with Gasteiger partial charge in [0.25, 0.3) is 6.43 Å². The summed E-state index contributed by atoms with van der Waals surface area (Å²) in [6.07, 6.45) is -0.0462. The van der Waals surface area contributed by atoms with Crippen LogP contribution in [0.1, 0.15) is 41.9 Å². The van der Waals surface area contributed by atoms with Gasteiger partial charge in [-0.1, -0.05) is 16.8 Å². The van der Waals surface area contributed by atoms with Crippen molar-refractivity contribution in [2.45, 2.75) is 49.5 Å². The quantitative estimate of drug-likeness (QED) is 0.805. The molecule has 0 amide bonds. The summed E-state index contributed by atoms with van der Waals surface area (Å²) in [5, 5.41) is 22.1. The summed E-state index contributed by atoms with van der Waals surface area (Å²) in [6.45, 7) is 1.54. The van der Waals surface area contributed by atoms with Crippen LogP contribution in [0.3, 0.4) is 0 Å². The summed E-state index contributed by atoms with van der Waals surface area (Å²) in [6, 6.07) is 1.36. The number of aromatic nitrogens is 3. The average molecular weight is 405 g/mol. The molecule has 0 bridgehead atoms. The fourth-order valence-electron chi connectivity index (χ4n) is 3.98. The molecule has 2 aliphatic heterocycles. The fourth-order valence-corrected chi connectivity index (χ4v) is 5.45. The number of halogens is 3. The van der Waals surface area contributed by atoms with Gasteiger partial charge in [-0.25, -0.2) is 8.78 Å². The molecule has 1 saturated heterocycles. The van der Waals surface area contributed by atoms with Crippen LogP contribution in [0.25, 0.3) is 0 Å². The molecule has 2 N–H and O–H groups in total. The van der Waals surface area contributed by atoms with Crippen molar-refractivity contribution in [2.24, 2.45) is 7.05 Å². The molecule has 26 heavy (non-hydrogen) atoms. The number of thiophene rings is 1. The van der Waals surface area contributed by atoms with Gasteiger partial charge in [0.05, 0.1) is 22.7 Å². The van der Waals surface area contributed by atoms with Gasteiger partial charge >= 0.3 is 0 Å². The van der Waals surface area contributed by atoms with E-state index in [0.29, 0.717) is 22.1 Å². The molecule has 4 unspecified atom stereocenters. The number of rotatable bonds is 2. The monoisotopic (exact) mass is 404 g/mol. The SMILES string of the molecule is CC1CC2(CC(c3cn(C)nn3)N1)OCC(O)(C(F)F)c1cc(Cl)sc12. The van der Waals surface area contributed by atoms with Crippen molar-refractivity contribution < 1.29 is 18.6 Å². The molecule has 1 fully saturated rings. The first kappa shape index (κ1) is 18.2. The molecule has 0 aliphatic carbocycles. The van der Waals surface area contributed by atoms with Gasteiger partial charge in [-0.2, -0.15) is 0 Å². The molecule has 2 aromatic rings. The van der Waals surface area contributed by atoms with Crippen molar-refractivity contribution in [3.8, 4) is 0 Å². The van der Waals surface area contributed by atoms with Gasteiger partial charge in [0.1, 0.15) is 5.60 Å². The molecule has 0 aromatic carbocycles. The van der Waals surface area contributed by atoms with Crippen molar-refractivity contribution in [3.63, 3.8) is 0 Å². The first-order valence-electron chi connectivity index (χ1n) is 8.30. The van der Waals surface area contributed by atoms with Gasteiger partial charge in [0.2, 0.25) is 0 Å². The van der Waals surface area contributed by atoms with Crippen molar-refractivity contribution in [1.82, 2.24) is 20.3 Å². The molecule has 6 nitrogen and oxygen atoms in total. The molecule has 10 heteroatoms. The Morgan fingerprint density at radius 1 is 1.50 bits per heavy atom. The minimum Gasteiger partial charge on any atom is -0.377 e. The third kappa shape index (κ3) is 2.77. The number of nitrogens with zero attached hydrogens (tertiary/aromatic N) is 3. The Hall–Kier alpha value is -1.13. The first-order chi connectivity index (χ1) is 12.2.